The molecule has 0 fully saturated rings. The zero-order valence-electron chi connectivity index (χ0n) is 9.44. The zero-order valence-corrected chi connectivity index (χ0v) is 9.44. The lowest BCUT2D eigenvalue weighted by Gasteiger charge is -2.07. The molecule has 0 aromatic carbocycles. The number of ether oxygens (including phenoxy) is 1. The fourth-order valence-corrected chi connectivity index (χ4v) is 1.22. The van der Waals surface area contributed by atoms with E-state index in [2.05, 4.69) is 19.2 Å². The maximum Gasteiger partial charge on any atom is 0.0465 e. The van der Waals surface area contributed by atoms with Gasteiger partial charge in [-0.25, -0.2) is 0 Å². The molecule has 0 spiro atoms. The van der Waals surface area contributed by atoms with Gasteiger partial charge in [-0.05, 0) is 26.3 Å². The maximum absolute atomic E-state index is 5.26. The topological polar surface area (TPSA) is 21.3 Å². The van der Waals surface area contributed by atoms with Gasteiger partial charge in [-0.1, -0.05) is 26.7 Å². The monoisotopic (exact) mass is 187 g/mol. The van der Waals surface area contributed by atoms with E-state index in [1.165, 1.54) is 25.7 Å². The third kappa shape index (κ3) is 11.9. The molecule has 0 amide bonds. The van der Waals surface area contributed by atoms with Crippen LogP contribution < -0.4 is 5.32 Å². The quantitative estimate of drug-likeness (QED) is 0.560. The van der Waals surface area contributed by atoms with E-state index in [1.807, 2.05) is 6.92 Å². The summed E-state index contributed by atoms with van der Waals surface area (Å²) in [6, 6.07) is 0.628. The first-order valence-electron chi connectivity index (χ1n) is 5.58. The Hall–Kier alpha value is -0.0800. The van der Waals surface area contributed by atoms with Crippen LogP contribution in [0.3, 0.4) is 0 Å². The van der Waals surface area contributed by atoms with Crippen LogP contribution in [0.2, 0.25) is 0 Å². The Morgan fingerprint density at radius 3 is 2.38 bits per heavy atom. The average molecular weight is 187 g/mol. The second-order valence-electron chi connectivity index (χ2n) is 3.72. The molecule has 0 heterocycles. The summed E-state index contributed by atoms with van der Waals surface area (Å²) in [5, 5.41) is 3.42. The third-order valence-electron chi connectivity index (χ3n) is 1.97. The molecule has 2 nitrogen and oxygen atoms in total. The van der Waals surface area contributed by atoms with Crippen molar-refractivity contribution in [3.63, 3.8) is 0 Å². The van der Waals surface area contributed by atoms with Gasteiger partial charge in [-0.15, -0.1) is 0 Å². The largest absolute Gasteiger partial charge is 0.382 e. The smallest absolute Gasteiger partial charge is 0.0465 e. The molecular weight excluding hydrogens is 162 g/mol. The molecule has 2 heteroatoms. The molecule has 0 aromatic rings. The van der Waals surface area contributed by atoms with Crippen molar-refractivity contribution in [3.05, 3.63) is 0 Å². The summed E-state index contributed by atoms with van der Waals surface area (Å²) in [4.78, 5) is 0. The summed E-state index contributed by atoms with van der Waals surface area (Å²) in [5.74, 6) is 0. The first-order valence-corrected chi connectivity index (χ1v) is 5.58. The van der Waals surface area contributed by atoms with Crippen molar-refractivity contribution in [3.8, 4) is 0 Å². The fraction of sp³-hybridized carbons (Fsp3) is 1.00. The van der Waals surface area contributed by atoms with Gasteiger partial charge < -0.3 is 10.1 Å². The first kappa shape index (κ1) is 12.9. The molecule has 13 heavy (non-hydrogen) atoms. The molecule has 0 atom stereocenters. The van der Waals surface area contributed by atoms with Crippen molar-refractivity contribution >= 4 is 0 Å². The van der Waals surface area contributed by atoms with Crippen molar-refractivity contribution in [2.75, 3.05) is 19.8 Å². The molecule has 0 radical (unpaired) electrons. The minimum absolute atomic E-state index is 0.628. The fourth-order valence-electron chi connectivity index (χ4n) is 1.22. The normalized spacial score (nSPS) is 11.1. The van der Waals surface area contributed by atoms with Crippen LogP contribution in [-0.4, -0.2) is 25.8 Å². The SMILES string of the molecule is CCOCCCCCCNC(C)C. The maximum atomic E-state index is 5.26. The second-order valence-corrected chi connectivity index (χ2v) is 3.72. The number of rotatable bonds is 9. The van der Waals surface area contributed by atoms with E-state index in [1.54, 1.807) is 0 Å². The molecule has 0 aromatic heterocycles. The number of unbranched alkanes of at least 4 members (excludes halogenated alkanes) is 3. The first-order chi connectivity index (χ1) is 6.27. The molecule has 0 aliphatic carbocycles. The molecule has 80 valence electrons. The van der Waals surface area contributed by atoms with Gasteiger partial charge in [0.1, 0.15) is 0 Å². The van der Waals surface area contributed by atoms with Crippen LogP contribution >= 0.6 is 0 Å². The summed E-state index contributed by atoms with van der Waals surface area (Å²) in [6.45, 7) is 9.38. The van der Waals surface area contributed by atoms with Crippen LogP contribution in [0, 0.1) is 0 Å². The second kappa shape index (κ2) is 10.0. The molecule has 0 saturated heterocycles. The van der Waals surface area contributed by atoms with Crippen molar-refractivity contribution in [1.82, 2.24) is 5.32 Å². The summed E-state index contributed by atoms with van der Waals surface area (Å²) in [6.07, 6.45) is 5.15. The van der Waals surface area contributed by atoms with Gasteiger partial charge in [0.15, 0.2) is 0 Å². The minimum atomic E-state index is 0.628. The van der Waals surface area contributed by atoms with E-state index in [4.69, 9.17) is 4.74 Å². The van der Waals surface area contributed by atoms with E-state index in [0.29, 0.717) is 6.04 Å². The highest BCUT2D eigenvalue weighted by Gasteiger charge is 1.92. The molecular formula is C11H25NO. The van der Waals surface area contributed by atoms with E-state index in [0.717, 1.165) is 19.8 Å². The Bertz CT molecular complexity index is 94.1. The van der Waals surface area contributed by atoms with E-state index >= 15 is 0 Å². The van der Waals surface area contributed by atoms with Gasteiger partial charge in [-0.3, -0.25) is 0 Å². The minimum Gasteiger partial charge on any atom is -0.382 e. The molecule has 0 rings (SSSR count). The summed E-state index contributed by atoms with van der Waals surface area (Å²) in [5.41, 5.74) is 0. The average Bonchev–Trinajstić information content (AvgIpc) is 2.09. The van der Waals surface area contributed by atoms with Crippen molar-refractivity contribution in [2.45, 2.75) is 52.5 Å². The highest BCUT2D eigenvalue weighted by molar-refractivity contribution is 4.52. The Labute approximate surface area is 83.1 Å². The van der Waals surface area contributed by atoms with Crippen molar-refractivity contribution in [1.29, 1.82) is 0 Å². The van der Waals surface area contributed by atoms with Gasteiger partial charge in [0.2, 0.25) is 0 Å². The lowest BCUT2D eigenvalue weighted by atomic mass is 10.2. The summed E-state index contributed by atoms with van der Waals surface area (Å²) >= 11 is 0. The van der Waals surface area contributed by atoms with Gasteiger partial charge >= 0.3 is 0 Å². The van der Waals surface area contributed by atoms with E-state index in [-0.39, 0.29) is 0 Å². The molecule has 0 unspecified atom stereocenters. The lowest BCUT2D eigenvalue weighted by molar-refractivity contribution is 0.143. The summed E-state index contributed by atoms with van der Waals surface area (Å²) < 4.78 is 5.26. The number of nitrogens with one attached hydrogen (secondary N) is 1. The number of hydrogen-bond acceptors (Lipinski definition) is 2. The Balaban J connectivity index is 2.84. The van der Waals surface area contributed by atoms with Gasteiger partial charge in [0.25, 0.3) is 0 Å². The van der Waals surface area contributed by atoms with E-state index < -0.39 is 0 Å². The van der Waals surface area contributed by atoms with Crippen molar-refractivity contribution in [2.24, 2.45) is 0 Å². The molecule has 0 bridgehead atoms. The van der Waals surface area contributed by atoms with Crippen LogP contribution in [0.1, 0.15) is 46.5 Å². The third-order valence-corrected chi connectivity index (χ3v) is 1.97. The molecule has 0 saturated carbocycles. The highest BCUT2D eigenvalue weighted by atomic mass is 16.5. The van der Waals surface area contributed by atoms with Gasteiger partial charge in [0, 0.05) is 19.3 Å². The Kier molecular flexibility index (Phi) is 9.94. The van der Waals surface area contributed by atoms with Crippen LogP contribution in [-0.2, 0) is 4.74 Å². The van der Waals surface area contributed by atoms with E-state index in [9.17, 15) is 0 Å². The standard InChI is InChI=1S/C11H25NO/c1-4-13-10-8-6-5-7-9-12-11(2)3/h11-12H,4-10H2,1-3H3. The summed E-state index contributed by atoms with van der Waals surface area (Å²) in [7, 11) is 0. The van der Waals surface area contributed by atoms with Gasteiger partial charge in [-0.2, -0.15) is 0 Å². The highest BCUT2D eigenvalue weighted by Crippen LogP contribution is 1.99. The van der Waals surface area contributed by atoms with Gasteiger partial charge in [0.05, 0.1) is 0 Å². The zero-order chi connectivity index (χ0) is 9.94. The molecule has 0 aliphatic rings. The van der Waals surface area contributed by atoms with Crippen LogP contribution in [0.4, 0.5) is 0 Å². The Morgan fingerprint density at radius 1 is 1.08 bits per heavy atom. The van der Waals surface area contributed by atoms with Crippen LogP contribution in [0.15, 0.2) is 0 Å². The predicted octanol–water partition coefficient (Wildman–Crippen LogP) is 2.58. The molecule has 1 N–H and O–H groups in total. The van der Waals surface area contributed by atoms with Crippen LogP contribution in [0.5, 0.6) is 0 Å². The van der Waals surface area contributed by atoms with Crippen LogP contribution in [0.25, 0.3) is 0 Å². The number of hydrogen-bond donors (Lipinski definition) is 1. The predicted molar refractivity (Wildman–Crippen MR) is 58.1 cm³/mol. The van der Waals surface area contributed by atoms with Crippen molar-refractivity contribution < 1.29 is 4.74 Å². The lowest BCUT2D eigenvalue weighted by Crippen LogP contribution is -2.23. The Morgan fingerprint density at radius 2 is 1.77 bits per heavy atom. The molecule has 0 aliphatic heterocycles.